The molecule has 1 N–H and O–H groups in total. The third kappa shape index (κ3) is 3.17. The van der Waals surface area contributed by atoms with Crippen molar-refractivity contribution in [1.29, 1.82) is 0 Å². The smallest absolute Gasteiger partial charge is 0.228 e. The Morgan fingerprint density at radius 1 is 1.27 bits per heavy atom. The van der Waals surface area contributed by atoms with Gasteiger partial charge in [0, 0.05) is 18.1 Å². The van der Waals surface area contributed by atoms with Crippen LogP contribution in [0.1, 0.15) is 11.4 Å². The number of aromatic nitrogens is 4. The summed E-state index contributed by atoms with van der Waals surface area (Å²) in [6, 6.07) is 11.3. The van der Waals surface area contributed by atoms with Gasteiger partial charge in [0.15, 0.2) is 0 Å². The van der Waals surface area contributed by atoms with Crippen LogP contribution in [0.15, 0.2) is 55.1 Å². The predicted octanol–water partition coefficient (Wildman–Crippen LogP) is 2.15. The van der Waals surface area contributed by atoms with E-state index in [2.05, 4.69) is 20.5 Å². The van der Waals surface area contributed by atoms with Crippen LogP contribution in [0.25, 0.3) is 5.69 Å². The molecule has 3 aromatic rings. The third-order valence-corrected chi connectivity index (χ3v) is 3.21. The molecule has 0 aliphatic carbocycles. The maximum absolute atomic E-state index is 12.1. The Morgan fingerprint density at radius 2 is 2.18 bits per heavy atom. The molecular formula is C16H15N5O. The van der Waals surface area contributed by atoms with Gasteiger partial charge in [-0.1, -0.05) is 12.1 Å². The van der Waals surface area contributed by atoms with Crippen molar-refractivity contribution in [3.63, 3.8) is 0 Å². The van der Waals surface area contributed by atoms with Crippen LogP contribution in [0, 0.1) is 6.92 Å². The van der Waals surface area contributed by atoms with Gasteiger partial charge in [0.2, 0.25) is 5.91 Å². The fourth-order valence-corrected chi connectivity index (χ4v) is 2.17. The Morgan fingerprint density at radius 3 is 2.91 bits per heavy atom. The van der Waals surface area contributed by atoms with Gasteiger partial charge in [-0.25, -0.2) is 0 Å². The molecular weight excluding hydrogens is 278 g/mol. The van der Waals surface area contributed by atoms with Crippen molar-refractivity contribution >= 4 is 11.6 Å². The average molecular weight is 293 g/mol. The normalized spacial score (nSPS) is 10.4. The molecule has 22 heavy (non-hydrogen) atoms. The van der Waals surface area contributed by atoms with Gasteiger partial charge in [0.05, 0.1) is 12.1 Å². The van der Waals surface area contributed by atoms with Gasteiger partial charge in [0.1, 0.15) is 12.2 Å². The van der Waals surface area contributed by atoms with E-state index in [0.29, 0.717) is 6.42 Å². The van der Waals surface area contributed by atoms with Crippen molar-refractivity contribution in [2.75, 3.05) is 5.32 Å². The second-order valence-electron chi connectivity index (χ2n) is 4.88. The molecule has 1 amide bonds. The van der Waals surface area contributed by atoms with Gasteiger partial charge < -0.3 is 5.32 Å². The fourth-order valence-electron chi connectivity index (χ4n) is 2.17. The van der Waals surface area contributed by atoms with Gasteiger partial charge in [-0.3, -0.25) is 14.3 Å². The maximum Gasteiger partial charge on any atom is 0.228 e. The van der Waals surface area contributed by atoms with E-state index in [1.807, 2.05) is 47.9 Å². The first-order chi connectivity index (χ1) is 10.7. The van der Waals surface area contributed by atoms with Crippen LogP contribution in [0.3, 0.4) is 0 Å². The Labute approximate surface area is 127 Å². The van der Waals surface area contributed by atoms with Crippen LogP contribution < -0.4 is 5.32 Å². The molecule has 6 nitrogen and oxygen atoms in total. The van der Waals surface area contributed by atoms with Crippen molar-refractivity contribution < 1.29 is 4.79 Å². The number of hydrogen-bond acceptors (Lipinski definition) is 4. The zero-order valence-electron chi connectivity index (χ0n) is 12.1. The quantitative estimate of drug-likeness (QED) is 0.800. The number of amides is 1. The molecule has 0 unspecified atom stereocenters. The summed E-state index contributed by atoms with van der Waals surface area (Å²) in [5.41, 5.74) is 2.52. The molecule has 3 rings (SSSR count). The molecule has 0 spiro atoms. The Kier molecular flexibility index (Phi) is 3.91. The van der Waals surface area contributed by atoms with Crippen molar-refractivity contribution in [2.24, 2.45) is 0 Å². The van der Waals surface area contributed by atoms with Gasteiger partial charge >= 0.3 is 0 Å². The van der Waals surface area contributed by atoms with E-state index in [1.165, 1.54) is 0 Å². The van der Waals surface area contributed by atoms with Crippen molar-refractivity contribution in [3.8, 4) is 5.69 Å². The Hall–Kier alpha value is -3.02. The number of pyridine rings is 1. The van der Waals surface area contributed by atoms with Crippen LogP contribution in [0.4, 0.5) is 5.69 Å². The standard InChI is InChI=1S/C16H15N5O/c1-12-20-18-11-21(12)15-6-2-5-14(9-15)19-16(22)8-13-4-3-7-17-10-13/h2-7,9-11H,8H2,1H3,(H,19,22). The highest BCUT2D eigenvalue weighted by atomic mass is 16.1. The minimum Gasteiger partial charge on any atom is -0.326 e. The second-order valence-corrected chi connectivity index (χ2v) is 4.88. The molecule has 0 fully saturated rings. The van der Waals surface area contributed by atoms with E-state index in [0.717, 1.165) is 22.8 Å². The lowest BCUT2D eigenvalue weighted by Gasteiger charge is -2.08. The lowest BCUT2D eigenvalue weighted by Crippen LogP contribution is -2.14. The molecule has 0 radical (unpaired) electrons. The van der Waals surface area contributed by atoms with Crippen LogP contribution in [-0.2, 0) is 11.2 Å². The molecule has 2 heterocycles. The van der Waals surface area contributed by atoms with Crippen molar-refractivity contribution in [1.82, 2.24) is 19.7 Å². The molecule has 6 heteroatoms. The van der Waals surface area contributed by atoms with Crippen LogP contribution in [0.2, 0.25) is 0 Å². The van der Waals surface area contributed by atoms with Crippen LogP contribution in [0.5, 0.6) is 0 Å². The largest absolute Gasteiger partial charge is 0.326 e. The lowest BCUT2D eigenvalue weighted by molar-refractivity contribution is -0.115. The van der Waals surface area contributed by atoms with E-state index >= 15 is 0 Å². The van der Waals surface area contributed by atoms with Crippen molar-refractivity contribution in [3.05, 3.63) is 66.5 Å². The first-order valence-corrected chi connectivity index (χ1v) is 6.88. The zero-order chi connectivity index (χ0) is 15.4. The Bertz CT molecular complexity index is 782. The summed E-state index contributed by atoms with van der Waals surface area (Å²) in [6.07, 6.45) is 5.32. The van der Waals surface area contributed by atoms with Gasteiger partial charge in [-0.15, -0.1) is 10.2 Å². The number of anilines is 1. The molecule has 0 bridgehead atoms. The van der Waals surface area contributed by atoms with E-state index in [1.54, 1.807) is 18.7 Å². The van der Waals surface area contributed by atoms with E-state index < -0.39 is 0 Å². The summed E-state index contributed by atoms with van der Waals surface area (Å²) >= 11 is 0. The summed E-state index contributed by atoms with van der Waals surface area (Å²) < 4.78 is 1.86. The topological polar surface area (TPSA) is 72.7 Å². The first kappa shape index (κ1) is 13.9. The van der Waals surface area contributed by atoms with E-state index in [4.69, 9.17) is 0 Å². The highest BCUT2D eigenvalue weighted by Crippen LogP contribution is 2.15. The number of hydrogen-bond donors (Lipinski definition) is 1. The number of nitrogens with one attached hydrogen (secondary N) is 1. The zero-order valence-corrected chi connectivity index (χ0v) is 12.1. The van der Waals surface area contributed by atoms with E-state index in [-0.39, 0.29) is 5.91 Å². The number of benzene rings is 1. The lowest BCUT2D eigenvalue weighted by atomic mass is 10.2. The van der Waals surface area contributed by atoms with E-state index in [9.17, 15) is 4.79 Å². The molecule has 0 aliphatic heterocycles. The van der Waals surface area contributed by atoms with Gasteiger partial charge in [-0.2, -0.15) is 0 Å². The number of nitrogens with zero attached hydrogens (tertiary/aromatic N) is 4. The molecule has 0 atom stereocenters. The molecule has 0 saturated carbocycles. The fraction of sp³-hybridized carbons (Fsp3) is 0.125. The summed E-state index contributed by atoms with van der Waals surface area (Å²) in [5, 5.41) is 10.7. The minimum absolute atomic E-state index is 0.0781. The number of rotatable bonds is 4. The molecule has 110 valence electrons. The molecule has 0 aliphatic rings. The number of carbonyl (C=O) groups is 1. The minimum atomic E-state index is -0.0781. The highest BCUT2D eigenvalue weighted by Gasteiger charge is 2.06. The van der Waals surface area contributed by atoms with Gasteiger partial charge in [0.25, 0.3) is 0 Å². The maximum atomic E-state index is 12.1. The highest BCUT2D eigenvalue weighted by molar-refractivity contribution is 5.92. The number of carbonyl (C=O) groups excluding carboxylic acids is 1. The van der Waals surface area contributed by atoms with Crippen LogP contribution >= 0.6 is 0 Å². The molecule has 1 aromatic carbocycles. The predicted molar refractivity (Wildman–Crippen MR) is 82.7 cm³/mol. The average Bonchev–Trinajstić information content (AvgIpc) is 2.94. The number of aryl methyl sites for hydroxylation is 1. The first-order valence-electron chi connectivity index (χ1n) is 6.88. The van der Waals surface area contributed by atoms with Crippen molar-refractivity contribution in [2.45, 2.75) is 13.3 Å². The molecule has 2 aromatic heterocycles. The summed E-state index contributed by atoms with van der Waals surface area (Å²) in [6.45, 7) is 1.88. The summed E-state index contributed by atoms with van der Waals surface area (Å²) in [4.78, 5) is 16.1. The second kappa shape index (κ2) is 6.17. The molecule has 0 saturated heterocycles. The monoisotopic (exact) mass is 293 g/mol. The Balaban J connectivity index is 1.73. The third-order valence-electron chi connectivity index (χ3n) is 3.21. The van der Waals surface area contributed by atoms with Gasteiger partial charge in [-0.05, 0) is 36.8 Å². The summed E-state index contributed by atoms with van der Waals surface area (Å²) in [7, 11) is 0. The SMILES string of the molecule is Cc1nncn1-c1cccc(NC(=O)Cc2cccnc2)c1. The summed E-state index contributed by atoms with van der Waals surface area (Å²) in [5.74, 6) is 0.712. The van der Waals surface area contributed by atoms with Crippen LogP contribution in [-0.4, -0.2) is 25.7 Å².